The minimum atomic E-state index is -0.326. The van der Waals surface area contributed by atoms with Crippen molar-refractivity contribution in [1.29, 1.82) is 0 Å². The Hall–Kier alpha value is -1.99. The highest BCUT2D eigenvalue weighted by Gasteiger charge is 2.31. The van der Waals surface area contributed by atoms with E-state index >= 15 is 0 Å². The van der Waals surface area contributed by atoms with Gasteiger partial charge in [-0.3, -0.25) is 4.79 Å². The molecule has 0 aliphatic heterocycles. The lowest BCUT2D eigenvalue weighted by Crippen LogP contribution is -2.23. The van der Waals surface area contributed by atoms with Gasteiger partial charge in [-0.25, -0.2) is 0 Å². The monoisotopic (exact) mass is 614 g/mol. The second-order valence-electron chi connectivity index (χ2n) is 7.19. The van der Waals surface area contributed by atoms with Gasteiger partial charge in [-0.15, -0.1) is 0 Å². The van der Waals surface area contributed by atoms with Gasteiger partial charge in [0.1, 0.15) is 0 Å². The Morgan fingerprint density at radius 3 is 1.10 bits per heavy atom. The summed E-state index contributed by atoms with van der Waals surface area (Å²) in [5.74, 6) is -0.463. The lowest BCUT2D eigenvalue weighted by molar-refractivity contribution is -0.120. The number of carbonyl (C=O) groups excluding carboxylic acids is 1. The molecule has 148 valence electrons. The fourth-order valence-electron chi connectivity index (χ4n) is 3.81. The first-order valence-electron chi connectivity index (χ1n) is 9.78. The number of hydrogen-bond donors (Lipinski definition) is 0. The SMILES string of the molecule is O=C(C(c1ccccc1)c1ccc(I)cc1)C(c1ccccc1)c1ccc(I)cc1. The van der Waals surface area contributed by atoms with Crippen molar-refractivity contribution in [3.05, 3.63) is 139 Å². The third kappa shape index (κ3) is 4.83. The largest absolute Gasteiger partial charge is 0.298 e. The van der Waals surface area contributed by atoms with Crippen LogP contribution in [0.15, 0.2) is 109 Å². The van der Waals surface area contributed by atoms with E-state index in [1.807, 2.05) is 36.4 Å². The number of rotatable bonds is 6. The molecule has 0 aromatic heterocycles. The molecule has 0 aliphatic carbocycles. The fraction of sp³-hybridized carbons (Fsp3) is 0.0741. The Bertz CT molecular complexity index is 1010. The highest BCUT2D eigenvalue weighted by molar-refractivity contribution is 14.1. The quantitative estimate of drug-likeness (QED) is 0.207. The van der Waals surface area contributed by atoms with Gasteiger partial charge >= 0.3 is 0 Å². The molecule has 4 aromatic rings. The molecule has 0 saturated carbocycles. The molecule has 2 atom stereocenters. The number of ketones is 1. The van der Waals surface area contributed by atoms with Gasteiger partial charge in [-0.05, 0) is 91.7 Å². The van der Waals surface area contributed by atoms with E-state index in [1.54, 1.807) is 0 Å². The van der Waals surface area contributed by atoms with Gasteiger partial charge in [-0.2, -0.15) is 0 Å². The fourth-order valence-corrected chi connectivity index (χ4v) is 4.53. The molecule has 4 rings (SSSR count). The van der Waals surface area contributed by atoms with Gasteiger partial charge < -0.3 is 0 Å². The topological polar surface area (TPSA) is 17.1 Å². The van der Waals surface area contributed by atoms with Crippen molar-refractivity contribution >= 4 is 51.0 Å². The van der Waals surface area contributed by atoms with Gasteiger partial charge in [0.05, 0.1) is 11.8 Å². The summed E-state index contributed by atoms with van der Waals surface area (Å²) in [7, 11) is 0. The molecule has 0 fully saturated rings. The molecule has 0 amide bonds. The van der Waals surface area contributed by atoms with Crippen LogP contribution >= 0.6 is 45.2 Å². The van der Waals surface area contributed by atoms with Gasteiger partial charge in [0.15, 0.2) is 5.78 Å². The van der Waals surface area contributed by atoms with Crippen LogP contribution in [0.2, 0.25) is 0 Å². The van der Waals surface area contributed by atoms with E-state index in [0.717, 1.165) is 29.4 Å². The number of carbonyl (C=O) groups is 1. The molecule has 4 aromatic carbocycles. The second kappa shape index (κ2) is 9.88. The van der Waals surface area contributed by atoms with Crippen LogP contribution < -0.4 is 0 Å². The first-order chi connectivity index (χ1) is 14.6. The lowest BCUT2D eigenvalue weighted by atomic mass is 9.77. The third-order valence-electron chi connectivity index (χ3n) is 5.24. The first-order valence-corrected chi connectivity index (χ1v) is 11.9. The maximum atomic E-state index is 14.2. The van der Waals surface area contributed by atoms with Crippen molar-refractivity contribution in [1.82, 2.24) is 0 Å². The average molecular weight is 614 g/mol. The van der Waals surface area contributed by atoms with Crippen molar-refractivity contribution < 1.29 is 4.79 Å². The molecule has 0 saturated heterocycles. The zero-order valence-corrected chi connectivity index (χ0v) is 20.5. The van der Waals surface area contributed by atoms with Crippen LogP contribution in [-0.4, -0.2) is 5.78 Å². The molecule has 0 aliphatic rings. The highest BCUT2D eigenvalue weighted by Crippen LogP contribution is 2.36. The molecular formula is C27H20I2O. The summed E-state index contributed by atoms with van der Waals surface area (Å²) in [6.07, 6.45) is 0. The van der Waals surface area contributed by atoms with Crippen LogP contribution in [0, 0.1) is 7.14 Å². The summed E-state index contributed by atoms with van der Waals surface area (Å²) in [5.41, 5.74) is 4.10. The standard InChI is InChI=1S/C27H20I2O/c28-23-15-11-21(12-16-23)25(19-7-3-1-4-8-19)27(30)26(20-9-5-2-6-10-20)22-13-17-24(29)18-14-22/h1-18,25-26H. The molecule has 1 nitrogen and oxygen atoms in total. The predicted octanol–water partition coefficient (Wildman–Crippen LogP) is 7.43. The number of halogens is 2. The number of Topliss-reactive ketones (excluding diaryl/α,β-unsaturated/α-hetero) is 1. The average Bonchev–Trinajstić information content (AvgIpc) is 2.78. The number of benzene rings is 4. The smallest absolute Gasteiger partial charge is 0.156 e. The van der Waals surface area contributed by atoms with Crippen molar-refractivity contribution in [2.75, 3.05) is 0 Å². The van der Waals surface area contributed by atoms with Crippen molar-refractivity contribution in [3.8, 4) is 0 Å². The van der Waals surface area contributed by atoms with Gasteiger partial charge in [0.2, 0.25) is 0 Å². The van der Waals surface area contributed by atoms with Crippen molar-refractivity contribution in [3.63, 3.8) is 0 Å². The summed E-state index contributed by atoms with van der Waals surface area (Å²) in [6, 6.07) is 36.8. The molecule has 30 heavy (non-hydrogen) atoms. The second-order valence-corrected chi connectivity index (χ2v) is 9.68. The summed E-state index contributed by atoms with van der Waals surface area (Å²) < 4.78 is 2.32. The summed E-state index contributed by atoms with van der Waals surface area (Å²) in [6.45, 7) is 0. The molecule has 2 unspecified atom stereocenters. The summed E-state index contributed by atoms with van der Waals surface area (Å²) >= 11 is 4.60. The molecule has 0 spiro atoms. The number of hydrogen-bond acceptors (Lipinski definition) is 1. The Kier molecular flexibility index (Phi) is 7.00. The van der Waals surface area contributed by atoms with Gasteiger partial charge in [0, 0.05) is 7.14 Å². The van der Waals surface area contributed by atoms with Crippen LogP contribution in [0.1, 0.15) is 34.1 Å². The Morgan fingerprint density at radius 2 is 0.767 bits per heavy atom. The van der Waals surface area contributed by atoms with Crippen molar-refractivity contribution in [2.45, 2.75) is 11.8 Å². The molecule has 0 radical (unpaired) electrons. The van der Waals surface area contributed by atoms with E-state index in [4.69, 9.17) is 0 Å². The summed E-state index contributed by atoms with van der Waals surface area (Å²) in [5, 5.41) is 0. The molecular weight excluding hydrogens is 594 g/mol. The van der Waals surface area contributed by atoms with Gasteiger partial charge in [0.25, 0.3) is 0 Å². The Labute approximate surface area is 204 Å². The van der Waals surface area contributed by atoms with E-state index in [0.29, 0.717) is 0 Å². The van der Waals surface area contributed by atoms with E-state index in [-0.39, 0.29) is 17.6 Å². The van der Waals surface area contributed by atoms with E-state index < -0.39 is 0 Å². The third-order valence-corrected chi connectivity index (χ3v) is 6.68. The maximum Gasteiger partial charge on any atom is 0.156 e. The Morgan fingerprint density at radius 1 is 0.467 bits per heavy atom. The van der Waals surface area contributed by atoms with Crippen LogP contribution in [0.5, 0.6) is 0 Å². The van der Waals surface area contributed by atoms with E-state index in [1.165, 1.54) is 0 Å². The minimum absolute atomic E-state index is 0.190. The minimum Gasteiger partial charge on any atom is -0.298 e. The highest BCUT2D eigenvalue weighted by atomic mass is 127. The molecule has 0 heterocycles. The van der Waals surface area contributed by atoms with E-state index in [9.17, 15) is 4.79 Å². The molecule has 3 heteroatoms. The first kappa shape index (κ1) is 21.2. The van der Waals surface area contributed by atoms with Gasteiger partial charge in [-0.1, -0.05) is 84.9 Å². The predicted molar refractivity (Wildman–Crippen MR) is 140 cm³/mol. The van der Waals surface area contributed by atoms with Crippen molar-refractivity contribution in [2.24, 2.45) is 0 Å². The lowest BCUT2D eigenvalue weighted by Gasteiger charge is -2.24. The van der Waals surface area contributed by atoms with Crippen LogP contribution in [-0.2, 0) is 4.79 Å². The molecule has 0 N–H and O–H groups in total. The summed E-state index contributed by atoms with van der Waals surface area (Å²) in [4.78, 5) is 14.2. The van der Waals surface area contributed by atoms with Crippen LogP contribution in [0.3, 0.4) is 0 Å². The zero-order valence-electron chi connectivity index (χ0n) is 16.2. The normalized spacial score (nSPS) is 12.9. The van der Waals surface area contributed by atoms with Crippen LogP contribution in [0.25, 0.3) is 0 Å². The maximum absolute atomic E-state index is 14.2. The zero-order chi connectivity index (χ0) is 20.9. The van der Waals surface area contributed by atoms with E-state index in [2.05, 4.69) is 118 Å². The molecule has 0 bridgehead atoms. The Balaban J connectivity index is 1.86. The van der Waals surface area contributed by atoms with Crippen LogP contribution in [0.4, 0.5) is 0 Å².